The summed E-state index contributed by atoms with van der Waals surface area (Å²) in [5, 5.41) is 23.6. The summed E-state index contributed by atoms with van der Waals surface area (Å²) >= 11 is 0. The van der Waals surface area contributed by atoms with Crippen molar-refractivity contribution in [3.63, 3.8) is 0 Å². The van der Waals surface area contributed by atoms with Gasteiger partial charge < -0.3 is 45.7 Å². The molecule has 2 atom stereocenters. The van der Waals surface area contributed by atoms with Crippen molar-refractivity contribution < 1.29 is 39.0 Å². The Hall–Kier alpha value is -4.45. The van der Waals surface area contributed by atoms with E-state index in [1.807, 2.05) is 6.07 Å². The molecule has 0 aliphatic carbocycles. The normalized spacial score (nSPS) is 23.6. The fraction of sp³-hybridized carbons (Fsp3) is 0.273. The van der Waals surface area contributed by atoms with E-state index < -0.39 is 23.3 Å². The van der Waals surface area contributed by atoms with E-state index in [9.17, 15) is 9.59 Å². The summed E-state index contributed by atoms with van der Waals surface area (Å²) in [7, 11) is 0. The number of amidine groups is 1. The first-order valence-corrected chi connectivity index (χ1v) is 10.4. The molecule has 2 fully saturated rings. The van der Waals surface area contributed by atoms with E-state index in [1.165, 1.54) is 0 Å². The van der Waals surface area contributed by atoms with Gasteiger partial charge in [0.25, 0.3) is 0 Å². The SMILES string of the molecule is Cl.NC(=NO)c1ccc2c(c1)OCC21COC(=O)N1.NO.[C-]#[N+]c1ccc2c(c1)OCC21COC(=O)N1. The molecule has 4 aliphatic heterocycles. The van der Waals surface area contributed by atoms with Crippen LogP contribution in [0.15, 0.2) is 41.6 Å². The minimum Gasteiger partial charge on any atom is -0.492 e. The minimum absolute atomic E-state index is 0. The van der Waals surface area contributed by atoms with Crippen molar-refractivity contribution in [1.29, 1.82) is 0 Å². The molecule has 0 radical (unpaired) electrons. The number of benzene rings is 2. The van der Waals surface area contributed by atoms with E-state index in [4.69, 9.17) is 41.7 Å². The standard InChI is InChI=1S/C11H11N3O4.C11H8N2O3.ClH.H3NO/c12-9(14-16)6-1-2-7-8(3-6)17-4-11(7)5-18-10(15)13-11;1-12-7-2-3-8-9(4-7)15-5-11(8)6-16-10(14)13-11;;1-2/h1-3,16H,4-5H2,(H2,12,14)(H,13,15);2-4H,5-6H2,(H,13,14);1H;2H,1H2. The number of fused-ring (bicyclic) bond motifs is 4. The zero-order valence-electron chi connectivity index (χ0n) is 19.1. The Bertz CT molecular complexity index is 1280. The van der Waals surface area contributed by atoms with Crippen LogP contribution in [0.3, 0.4) is 0 Å². The van der Waals surface area contributed by atoms with Gasteiger partial charge in [0.05, 0.1) is 6.57 Å². The maximum absolute atomic E-state index is 11.2. The highest BCUT2D eigenvalue weighted by Gasteiger charge is 2.48. The van der Waals surface area contributed by atoms with Crippen LogP contribution in [0.2, 0.25) is 0 Å². The largest absolute Gasteiger partial charge is 0.492 e. The second kappa shape index (κ2) is 10.7. The van der Waals surface area contributed by atoms with E-state index in [0.29, 0.717) is 36.0 Å². The van der Waals surface area contributed by atoms with E-state index in [0.717, 1.165) is 11.1 Å². The number of cyclic esters (lactones) is 2. The molecule has 0 aromatic heterocycles. The number of nitrogens with zero attached hydrogens (tertiary/aromatic N) is 2. The number of oxime groups is 1. The third kappa shape index (κ3) is 4.83. The summed E-state index contributed by atoms with van der Waals surface area (Å²) in [5.74, 6) is 4.76. The van der Waals surface area contributed by atoms with Crippen LogP contribution in [-0.2, 0) is 20.6 Å². The second-order valence-corrected chi connectivity index (χ2v) is 8.13. The molecule has 2 spiro atoms. The molecular formula is C22H23ClN6O8. The van der Waals surface area contributed by atoms with Crippen molar-refractivity contribution in [3.05, 3.63) is 64.5 Å². The average molecular weight is 535 g/mol. The van der Waals surface area contributed by atoms with Crippen LogP contribution in [-0.4, -0.2) is 54.9 Å². The Balaban J connectivity index is 0.000000189. The lowest BCUT2D eigenvalue weighted by Gasteiger charge is -2.18. The predicted molar refractivity (Wildman–Crippen MR) is 128 cm³/mol. The molecular weight excluding hydrogens is 512 g/mol. The van der Waals surface area contributed by atoms with Crippen LogP contribution in [0.25, 0.3) is 4.85 Å². The molecule has 4 aliphatic rings. The van der Waals surface area contributed by atoms with Gasteiger partial charge >= 0.3 is 12.2 Å². The topological polar surface area (TPSA) is 204 Å². The van der Waals surface area contributed by atoms with Gasteiger partial charge in [-0.25, -0.2) is 20.3 Å². The number of carbonyl (C=O) groups excluding carboxylic acids is 2. The number of rotatable bonds is 1. The van der Waals surface area contributed by atoms with Gasteiger partial charge in [-0.1, -0.05) is 29.4 Å². The monoisotopic (exact) mass is 534 g/mol. The van der Waals surface area contributed by atoms with Gasteiger partial charge in [-0.05, 0) is 12.1 Å². The Morgan fingerprint density at radius 2 is 1.38 bits per heavy atom. The van der Waals surface area contributed by atoms with Crippen LogP contribution >= 0.6 is 12.4 Å². The molecule has 2 aromatic carbocycles. The van der Waals surface area contributed by atoms with Crippen LogP contribution in [0.5, 0.6) is 11.5 Å². The van der Waals surface area contributed by atoms with E-state index in [-0.39, 0.29) is 31.5 Å². The molecule has 15 heteroatoms. The summed E-state index contributed by atoms with van der Waals surface area (Å²) in [6.45, 7) is 8.10. The first kappa shape index (κ1) is 27.1. The fourth-order valence-corrected chi connectivity index (χ4v) is 4.27. The van der Waals surface area contributed by atoms with Crippen molar-refractivity contribution in [3.8, 4) is 11.5 Å². The van der Waals surface area contributed by atoms with Gasteiger partial charge in [0.1, 0.15) is 49.0 Å². The number of amides is 2. The zero-order chi connectivity index (χ0) is 25.9. The van der Waals surface area contributed by atoms with Crippen molar-refractivity contribution in [2.24, 2.45) is 16.8 Å². The van der Waals surface area contributed by atoms with Gasteiger partial charge in [-0.3, -0.25) is 0 Å². The Morgan fingerprint density at radius 3 is 1.84 bits per heavy atom. The third-order valence-electron chi connectivity index (χ3n) is 6.04. The highest BCUT2D eigenvalue weighted by Crippen LogP contribution is 2.41. The molecule has 37 heavy (non-hydrogen) atoms. The molecule has 0 saturated carbocycles. The fourth-order valence-electron chi connectivity index (χ4n) is 4.27. The second-order valence-electron chi connectivity index (χ2n) is 8.13. The van der Waals surface area contributed by atoms with Crippen LogP contribution in [0, 0.1) is 6.57 Å². The van der Waals surface area contributed by atoms with Gasteiger partial charge in [0.15, 0.2) is 11.5 Å². The number of carbonyl (C=O) groups is 2. The first-order valence-electron chi connectivity index (χ1n) is 10.4. The van der Waals surface area contributed by atoms with Crippen LogP contribution < -0.4 is 31.7 Å². The molecule has 14 nitrogen and oxygen atoms in total. The lowest BCUT2D eigenvalue weighted by molar-refractivity contribution is 0.166. The van der Waals surface area contributed by atoms with Crippen molar-refractivity contribution in [2.75, 3.05) is 26.4 Å². The smallest absolute Gasteiger partial charge is 0.408 e. The zero-order valence-corrected chi connectivity index (χ0v) is 19.9. The van der Waals surface area contributed by atoms with Gasteiger partial charge in [-0.2, -0.15) is 0 Å². The maximum Gasteiger partial charge on any atom is 0.408 e. The van der Waals surface area contributed by atoms with Crippen LogP contribution in [0.4, 0.5) is 15.3 Å². The highest BCUT2D eigenvalue weighted by atomic mass is 35.5. The van der Waals surface area contributed by atoms with Gasteiger partial charge in [0, 0.05) is 16.7 Å². The van der Waals surface area contributed by atoms with Crippen LogP contribution in [0.1, 0.15) is 16.7 Å². The number of hydrogen-bond donors (Lipinski definition) is 6. The summed E-state index contributed by atoms with van der Waals surface area (Å²) in [5.41, 5.74) is 7.13. The number of alkyl carbamates (subject to hydrolysis) is 2. The van der Waals surface area contributed by atoms with E-state index in [2.05, 4.69) is 26.5 Å². The molecule has 196 valence electrons. The number of ether oxygens (including phenoxy) is 4. The highest BCUT2D eigenvalue weighted by molar-refractivity contribution is 5.97. The van der Waals surface area contributed by atoms with E-state index >= 15 is 0 Å². The summed E-state index contributed by atoms with van der Waals surface area (Å²) in [6, 6.07) is 10.4. The van der Waals surface area contributed by atoms with Gasteiger partial charge in [0.2, 0.25) is 0 Å². The van der Waals surface area contributed by atoms with E-state index in [1.54, 1.807) is 30.3 Å². The molecule has 2 unspecified atom stereocenters. The number of hydrogen-bond acceptors (Lipinski definition) is 10. The number of nitrogens with one attached hydrogen (secondary N) is 2. The lowest BCUT2D eigenvalue weighted by atomic mass is 9.93. The first-order chi connectivity index (χ1) is 17.4. The predicted octanol–water partition coefficient (Wildman–Crippen LogP) is 1.43. The summed E-state index contributed by atoms with van der Waals surface area (Å²) < 4.78 is 20.9. The molecule has 6 rings (SSSR count). The summed E-state index contributed by atoms with van der Waals surface area (Å²) in [6.07, 6.45) is -0.877. The Kier molecular flexibility index (Phi) is 7.82. The average Bonchev–Trinajstić information content (AvgIpc) is 3.68. The third-order valence-corrected chi connectivity index (χ3v) is 6.04. The molecule has 4 heterocycles. The summed E-state index contributed by atoms with van der Waals surface area (Å²) in [4.78, 5) is 25.6. The molecule has 0 bridgehead atoms. The van der Waals surface area contributed by atoms with Crippen molar-refractivity contribution >= 4 is 36.1 Å². The molecule has 8 N–H and O–H groups in total. The molecule has 2 amide bonds. The maximum atomic E-state index is 11.2. The molecule has 2 aromatic rings. The quantitative estimate of drug-likeness (QED) is 0.102. The van der Waals surface area contributed by atoms with Crippen molar-refractivity contribution in [2.45, 2.75) is 11.1 Å². The number of halogens is 1. The Morgan fingerprint density at radius 1 is 0.892 bits per heavy atom. The lowest BCUT2D eigenvalue weighted by Crippen LogP contribution is -2.41. The Labute approximate surface area is 216 Å². The van der Waals surface area contributed by atoms with Crippen molar-refractivity contribution in [1.82, 2.24) is 10.6 Å². The van der Waals surface area contributed by atoms with Gasteiger partial charge in [-0.15, -0.1) is 12.4 Å². The number of nitrogens with two attached hydrogens (primary N) is 2. The minimum atomic E-state index is -0.615. The molecule has 2 saturated heterocycles.